The first-order valence-corrected chi connectivity index (χ1v) is 8.44. The average molecular weight is 307 g/mol. The number of hydrogen-bond donors (Lipinski definition) is 0. The van der Waals surface area contributed by atoms with Gasteiger partial charge in [0.25, 0.3) is 0 Å². The molecule has 0 amide bonds. The van der Waals surface area contributed by atoms with Crippen molar-refractivity contribution >= 4 is 29.9 Å². The lowest BCUT2D eigenvalue weighted by Crippen LogP contribution is -1.92. The lowest BCUT2D eigenvalue weighted by Gasteiger charge is -1.95. The smallest absolute Gasteiger partial charge is 0.119 e. The predicted molar refractivity (Wildman–Crippen MR) is 91.8 cm³/mol. The van der Waals surface area contributed by atoms with Crippen LogP contribution in [0.2, 0.25) is 0 Å². The molecule has 3 nitrogen and oxygen atoms in total. The fourth-order valence-electron chi connectivity index (χ4n) is 3.05. The number of aromatic nitrogens is 2. The summed E-state index contributed by atoms with van der Waals surface area (Å²) in [6.45, 7) is 4.11. The van der Waals surface area contributed by atoms with E-state index in [2.05, 4.69) is 26.0 Å². The van der Waals surface area contributed by atoms with Crippen LogP contribution in [0.1, 0.15) is 11.1 Å². The Kier molecular flexibility index (Phi) is 2.91. The molecule has 0 spiro atoms. The Morgan fingerprint density at radius 2 is 1.14 bits per heavy atom. The van der Waals surface area contributed by atoms with Gasteiger partial charge in [-0.1, -0.05) is 36.4 Å². The van der Waals surface area contributed by atoms with Crippen LogP contribution in [0.25, 0.3) is 21.8 Å². The largest absolute Gasteiger partial charge is 0.604 e. The number of nitrogens with zero attached hydrogens (tertiary/aromatic N) is 2. The molecule has 0 aliphatic rings. The third-order valence-electron chi connectivity index (χ3n) is 4.15. The SMILES string of the molecule is Cc1cn([P+](=O)n2cc(C)c3ccccc32)c2ccccc12. The van der Waals surface area contributed by atoms with Gasteiger partial charge in [0, 0.05) is 10.8 Å². The summed E-state index contributed by atoms with van der Waals surface area (Å²) in [4.78, 5) is 0. The van der Waals surface area contributed by atoms with Gasteiger partial charge in [0.05, 0.1) is 23.4 Å². The van der Waals surface area contributed by atoms with Gasteiger partial charge < -0.3 is 0 Å². The minimum atomic E-state index is -1.75. The van der Waals surface area contributed by atoms with Gasteiger partial charge in [0.2, 0.25) is 0 Å². The molecule has 0 N–H and O–H groups in total. The summed E-state index contributed by atoms with van der Waals surface area (Å²) in [5.41, 5.74) is 4.31. The number of fused-ring (bicyclic) bond motifs is 2. The Hall–Kier alpha value is -2.38. The summed E-state index contributed by atoms with van der Waals surface area (Å²) in [5.74, 6) is 0. The molecular formula is C18H16N2OP+. The van der Waals surface area contributed by atoms with E-state index in [0.29, 0.717) is 0 Å². The highest BCUT2D eigenvalue weighted by Gasteiger charge is 2.27. The maximum absolute atomic E-state index is 13.2. The van der Waals surface area contributed by atoms with Gasteiger partial charge in [0.15, 0.2) is 0 Å². The Morgan fingerprint density at radius 3 is 1.59 bits per heavy atom. The Labute approximate surface area is 129 Å². The van der Waals surface area contributed by atoms with Crippen molar-refractivity contribution in [3.63, 3.8) is 0 Å². The van der Waals surface area contributed by atoms with E-state index >= 15 is 0 Å². The molecule has 0 bridgehead atoms. The number of aryl methyl sites for hydroxylation is 2. The molecule has 2 aromatic heterocycles. The molecule has 0 saturated carbocycles. The standard InChI is InChI=1S/C18H16N2OP/c1-13-11-19(17-9-5-3-7-15(13)17)22(21)20-12-14(2)16-8-4-6-10-18(16)20/h3-12H,1-2H3/q+1. The summed E-state index contributed by atoms with van der Waals surface area (Å²) in [6.07, 6.45) is 3.96. The number of hydrogen-bond acceptors (Lipinski definition) is 1. The van der Waals surface area contributed by atoms with E-state index in [-0.39, 0.29) is 0 Å². The normalized spacial score (nSPS) is 11.4. The molecule has 2 aromatic carbocycles. The molecule has 4 heteroatoms. The van der Waals surface area contributed by atoms with Crippen LogP contribution in [0.3, 0.4) is 0 Å². The molecule has 0 saturated heterocycles. The van der Waals surface area contributed by atoms with Crippen LogP contribution >= 0.6 is 8.10 Å². The average Bonchev–Trinajstić information content (AvgIpc) is 3.06. The monoisotopic (exact) mass is 307 g/mol. The van der Waals surface area contributed by atoms with Crippen LogP contribution in [0, 0.1) is 13.8 Å². The zero-order valence-electron chi connectivity index (χ0n) is 12.5. The van der Waals surface area contributed by atoms with Crippen molar-refractivity contribution in [2.75, 3.05) is 0 Å². The highest BCUT2D eigenvalue weighted by atomic mass is 31.1. The van der Waals surface area contributed by atoms with Crippen LogP contribution in [0.4, 0.5) is 0 Å². The molecule has 0 atom stereocenters. The summed E-state index contributed by atoms with van der Waals surface area (Å²) >= 11 is 0. The molecule has 0 fully saturated rings. The van der Waals surface area contributed by atoms with Crippen LogP contribution < -0.4 is 0 Å². The Balaban J connectivity index is 1.97. The van der Waals surface area contributed by atoms with Crippen molar-refractivity contribution < 1.29 is 4.57 Å². The first-order valence-electron chi connectivity index (χ1n) is 7.28. The van der Waals surface area contributed by atoms with Crippen molar-refractivity contribution in [1.29, 1.82) is 0 Å². The molecule has 4 aromatic rings. The number of para-hydroxylation sites is 2. The summed E-state index contributed by atoms with van der Waals surface area (Å²) in [6, 6.07) is 16.2. The van der Waals surface area contributed by atoms with Crippen LogP contribution in [-0.2, 0) is 4.57 Å². The van der Waals surface area contributed by atoms with Gasteiger partial charge in [-0.25, -0.2) is 0 Å². The van der Waals surface area contributed by atoms with E-state index in [9.17, 15) is 4.57 Å². The van der Waals surface area contributed by atoms with E-state index in [1.165, 1.54) is 0 Å². The number of benzene rings is 2. The first-order chi connectivity index (χ1) is 10.7. The fourth-order valence-corrected chi connectivity index (χ4v) is 4.51. The van der Waals surface area contributed by atoms with E-state index in [1.807, 2.05) is 57.5 Å². The van der Waals surface area contributed by atoms with Gasteiger partial charge in [0.1, 0.15) is 0 Å². The second-order valence-electron chi connectivity index (χ2n) is 5.60. The van der Waals surface area contributed by atoms with Crippen LogP contribution in [0.5, 0.6) is 0 Å². The van der Waals surface area contributed by atoms with Gasteiger partial charge in [-0.2, -0.15) is 0 Å². The molecule has 0 radical (unpaired) electrons. The van der Waals surface area contributed by atoms with Crippen molar-refractivity contribution in [1.82, 2.24) is 8.68 Å². The van der Waals surface area contributed by atoms with Crippen molar-refractivity contribution in [3.05, 3.63) is 72.1 Å². The molecule has 0 aliphatic heterocycles. The lowest BCUT2D eigenvalue weighted by molar-refractivity contribution is 0.579. The zero-order chi connectivity index (χ0) is 15.3. The van der Waals surface area contributed by atoms with E-state index in [1.54, 1.807) is 0 Å². The molecule has 22 heavy (non-hydrogen) atoms. The third-order valence-corrected chi connectivity index (χ3v) is 5.55. The van der Waals surface area contributed by atoms with Crippen molar-refractivity contribution in [2.45, 2.75) is 13.8 Å². The molecule has 2 heterocycles. The van der Waals surface area contributed by atoms with Crippen molar-refractivity contribution in [2.24, 2.45) is 0 Å². The Morgan fingerprint density at radius 1 is 0.727 bits per heavy atom. The molecule has 0 aliphatic carbocycles. The van der Waals surface area contributed by atoms with Gasteiger partial charge in [-0.05, 0) is 41.7 Å². The maximum Gasteiger partial charge on any atom is 0.604 e. The lowest BCUT2D eigenvalue weighted by atomic mass is 10.2. The van der Waals surface area contributed by atoms with E-state index in [4.69, 9.17) is 0 Å². The van der Waals surface area contributed by atoms with E-state index in [0.717, 1.165) is 32.9 Å². The summed E-state index contributed by atoms with van der Waals surface area (Å²) in [5, 5.41) is 2.30. The highest BCUT2D eigenvalue weighted by Crippen LogP contribution is 2.37. The van der Waals surface area contributed by atoms with Gasteiger partial charge in [-0.15, -0.1) is 8.68 Å². The summed E-state index contributed by atoms with van der Waals surface area (Å²) < 4.78 is 16.9. The fraction of sp³-hybridized carbons (Fsp3) is 0.111. The molecule has 108 valence electrons. The Bertz CT molecular complexity index is 944. The van der Waals surface area contributed by atoms with Gasteiger partial charge in [-0.3, -0.25) is 0 Å². The maximum atomic E-state index is 13.2. The quantitative estimate of drug-likeness (QED) is 0.464. The van der Waals surface area contributed by atoms with Crippen molar-refractivity contribution in [3.8, 4) is 0 Å². The van der Waals surface area contributed by atoms with Crippen LogP contribution in [-0.4, -0.2) is 8.68 Å². The number of rotatable bonds is 2. The zero-order valence-corrected chi connectivity index (χ0v) is 13.4. The molecular weight excluding hydrogens is 291 g/mol. The molecule has 0 unspecified atom stereocenters. The predicted octanol–water partition coefficient (Wildman–Crippen LogP) is 5.27. The second kappa shape index (κ2) is 4.82. The topological polar surface area (TPSA) is 26.9 Å². The third kappa shape index (κ3) is 1.83. The van der Waals surface area contributed by atoms with Gasteiger partial charge >= 0.3 is 8.10 Å². The van der Waals surface area contributed by atoms with Crippen LogP contribution in [0.15, 0.2) is 60.9 Å². The first kappa shape index (κ1) is 13.3. The summed E-state index contributed by atoms with van der Waals surface area (Å²) in [7, 11) is -1.75. The highest BCUT2D eigenvalue weighted by molar-refractivity contribution is 7.41. The van der Waals surface area contributed by atoms with E-state index < -0.39 is 8.10 Å². The minimum absolute atomic E-state index is 1.01. The molecule has 4 rings (SSSR count). The minimum Gasteiger partial charge on any atom is -0.119 e. The second-order valence-corrected chi connectivity index (χ2v) is 6.97.